The van der Waals surface area contributed by atoms with Crippen molar-refractivity contribution in [2.24, 2.45) is 0 Å². The summed E-state index contributed by atoms with van der Waals surface area (Å²) in [5, 5.41) is 33.2. The molecule has 62 heavy (non-hydrogen) atoms. The van der Waals surface area contributed by atoms with Crippen molar-refractivity contribution in [1.29, 1.82) is 10.5 Å². The van der Waals surface area contributed by atoms with Gasteiger partial charge in [-0.25, -0.2) is 9.80 Å². The minimum Gasteiger partial charge on any atom is -0.268 e. The summed E-state index contributed by atoms with van der Waals surface area (Å²) in [6.45, 7) is 0. The Morgan fingerprint density at radius 2 is 0.677 bits per heavy atom. The van der Waals surface area contributed by atoms with Crippen LogP contribution < -0.4 is 9.80 Å². The lowest BCUT2D eigenvalue weighted by molar-refractivity contribution is 0.0877. The molecule has 0 fully saturated rings. The molecule has 11 aromatic carbocycles. The minimum absolute atomic E-state index is 0.183. The summed E-state index contributed by atoms with van der Waals surface area (Å²) in [6, 6.07) is 49.7. The predicted octanol–water partition coefficient (Wildman–Crippen LogP) is 11.7. The summed E-state index contributed by atoms with van der Waals surface area (Å²) >= 11 is 0. The minimum atomic E-state index is -0.572. The van der Waals surface area contributed by atoms with Crippen LogP contribution in [0.5, 0.6) is 0 Å². The van der Waals surface area contributed by atoms with Gasteiger partial charge in [0.1, 0.15) is 0 Å². The van der Waals surface area contributed by atoms with Gasteiger partial charge in [-0.3, -0.25) is 19.2 Å². The van der Waals surface area contributed by atoms with Gasteiger partial charge in [0.2, 0.25) is 0 Å². The molecule has 2 aliphatic heterocycles. The summed E-state index contributed by atoms with van der Waals surface area (Å²) in [7, 11) is 0. The zero-order valence-corrected chi connectivity index (χ0v) is 32.3. The normalized spacial score (nSPS) is 13.8. The third kappa shape index (κ3) is 4.26. The van der Waals surface area contributed by atoms with E-state index in [0.717, 1.165) is 43.1 Å². The second-order valence-corrected chi connectivity index (χ2v) is 16.1. The monoisotopic (exact) mass is 792 g/mol. The number of rotatable bonds is 2. The molecular formula is C54H24N4O4. The smallest absolute Gasteiger partial charge is 0.266 e. The van der Waals surface area contributed by atoms with Crippen LogP contribution in [-0.2, 0) is 0 Å². The van der Waals surface area contributed by atoms with Crippen LogP contribution in [0.4, 0.5) is 11.4 Å². The maximum Gasteiger partial charge on any atom is 0.266 e. The number of fused-ring (bicyclic) bond motifs is 6. The average molecular weight is 793 g/mol. The third-order valence-corrected chi connectivity index (χ3v) is 13.0. The molecular weight excluding hydrogens is 769 g/mol. The zero-order valence-electron chi connectivity index (χ0n) is 32.3. The molecule has 13 rings (SSSR count). The average Bonchev–Trinajstić information content (AvgIpc) is 3.30. The molecule has 0 unspecified atom stereocenters. The van der Waals surface area contributed by atoms with Crippen molar-refractivity contribution in [2.45, 2.75) is 0 Å². The van der Waals surface area contributed by atoms with E-state index in [0.29, 0.717) is 54.5 Å². The topological polar surface area (TPSA) is 122 Å². The second kappa shape index (κ2) is 11.8. The van der Waals surface area contributed by atoms with Gasteiger partial charge in [0.25, 0.3) is 23.6 Å². The molecule has 0 N–H and O–H groups in total. The fourth-order valence-corrected chi connectivity index (χ4v) is 10.2. The van der Waals surface area contributed by atoms with Crippen LogP contribution in [0.1, 0.15) is 52.6 Å². The number of carbonyl (C=O) groups excluding carboxylic acids is 4. The highest BCUT2D eigenvalue weighted by atomic mass is 16.2. The van der Waals surface area contributed by atoms with Gasteiger partial charge in [0, 0.05) is 43.4 Å². The first-order valence-electron chi connectivity index (χ1n) is 20.0. The van der Waals surface area contributed by atoms with Crippen molar-refractivity contribution in [3.63, 3.8) is 0 Å². The molecule has 2 heterocycles. The molecule has 11 aromatic rings. The van der Waals surface area contributed by atoms with Crippen LogP contribution >= 0.6 is 0 Å². The van der Waals surface area contributed by atoms with Crippen LogP contribution in [-0.4, -0.2) is 23.6 Å². The summed E-state index contributed by atoms with van der Waals surface area (Å²) in [6.07, 6.45) is 0. The van der Waals surface area contributed by atoms with Gasteiger partial charge >= 0.3 is 0 Å². The van der Waals surface area contributed by atoms with Crippen LogP contribution in [0.3, 0.4) is 0 Å². The Balaban J connectivity index is 1.02. The van der Waals surface area contributed by atoms with E-state index in [9.17, 15) is 29.7 Å². The van der Waals surface area contributed by atoms with Crippen molar-refractivity contribution in [1.82, 2.24) is 0 Å². The molecule has 0 aromatic heterocycles. The Hall–Kier alpha value is -8.98. The first-order chi connectivity index (χ1) is 30.3. The number of hydrogen-bond donors (Lipinski definition) is 0. The maximum atomic E-state index is 14.7. The highest BCUT2D eigenvalue weighted by Gasteiger charge is 2.39. The molecule has 0 saturated carbocycles. The quantitative estimate of drug-likeness (QED) is 0.0975. The Kier molecular flexibility index (Phi) is 6.47. The summed E-state index contributed by atoms with van der Waals surface area (Å²) in [5.74, 6) is -2.17. The lowest BCUT2D eigenvalue weighted by Crippen LogP contribution is -2.40. The van der Waals surface area contributed by atoms with E-state index >= 15 is 0 Å². The molecule has 284 valence electrons. The van der Waals surface area contributed by atoms with E-state index in [-0.39, 0.29) is 33.4 Å². The fraction of sp³-hybridized carbons (Fsp3) is 0. The van der Waals surface area contributed by atoms with Gasteiger partial charge in [-0.2, -0.15) is 10.5 Å². The maximum absolute atomic E-state index is 14.7. The van der Waals surface area contributed by atoms with E-state index in [1.54, 1.807) is 36.4 Å². The fourth-order valence-electron chi connectivity index (χ4n) is 10.2. The van der Waals surface area contributed by atoms with Gasteiger partial charge in [0.15, 0.2) is 0 Å². The van der Waals surface area contributed by atoms with Crippen molar-refractivity contribution in [3.05, 3.63) is 179 Å². The van der Waals surface area contributed by atoms with E-state index in [2.05, 4.69) is 24.3 Å². The lowest BCUT2D eigenvalue weighted by Gasteiger charge is -2.31. The van der Waals surface area contributed by atoms with E-state index < -0.39 is 23.6 Å². The Morgan fingerprint density at radius 3 is 1.06 bits per heavy atom. The highest BCUT2D eigenvalue weighted by molar-refractivity contribution is 6.46. The first-order valence-corrected chi connectivity index (χ1v) is 20.0. The van der Waals surface area contributed by atoms with Crippen LogP contribution in [0.25, 0.3) is 86.2 Å². The summed E-state index contributed by atoms with van der Waals surface area (Å²) < 4.78 is 0. The van der Waals surface area contributed by atoms with E-state index in [1.807, 2.05) is 84.9 Å². The van der Waals surface area contributed by atoms with Crippen molar-refractivity contribution in [2.75, 3.05) is 9.80 Å². The molecule has 8 nitrogen and oxygen atoms in total. The number of benzene rings is 11. The van der Waals surface area contributed by atoms with E-state index in [4.69, 9.17) is 0 Å². The van der Waals surface area contributed by atoms with Gasteiger partial charge in [-0.1, -0.05) is 72.8 Å². The highest BCUT2D eigenvalue weighted by Crippen LogP contribution is 2.49. The van der Waals surface area contributed by atoms with Crippen LogP contribution in [0.15, 0.2) is 146 Å². The Bertz CT molecular complexity index is 3850. The molecule has 4 amide bonds. The van der Waals surface area contributed by atoms with Gasteiger partial charge < -0.3 is 0 Å². The standard InChI is InChI=1S/C54H24N4O4/c55-25-35-23-43-47-41(51(59)57(53(43)61)37-11-9-31-17-27-5-1-3-7-29(27)19-33(31)21-37)15-13-39-46-36(26-56)24-44-48-42(16-14-40(50(46)48)45(35)49(39)47)52(60)58(54(44)62)38-12-10-32-18-28-6-2-4-8-30(28)20-34(32)22-38/h1-24H. The van der Waals surface area contributed by atoms with Crippen molar-refractivity contribution in [3.8, 4) is 12.1 Å². The van der Waals surface area contributed by atoms with Crippen LogP contribution in [0, 0.1) is 22.7 Å². The molecule has 0 bridgehead atoms. The van der Waals surface area contributed by atoms with Gasteiger partial charge in [0.05, 0.1) is 45.8 Å². The number of nitriles is 2. The number of anilines is 2. The largest absolute Gasteiger partial charge is 0.268 e. The second-order valence-electron chi connectivity index (χ2n) is 16.1. The number of nitrogens with zero attached hydrogens (tertiary/aromatic N) is 4. The molecule has 0 radical (unpaired) electrons. The number of amides is 4. The van der Waals surface area contributed by atoms with Gasteiger partial charge in [-0.15, -0.1) is 0 Å². The summed E-state index contributed by atoms with van der Waals surface area (Å²) in [5.41, 5.74) is 2.10. The number of carbonyl (C=O) groups is 4. The predicted molar refractivity (Wildman–Crippen MR) is 242 cm³/mol. The number of imide groups is 2. The molecule has 0 spiro atoms. The van der Waals surface area contributed by atoms with Crippen LogP contribution in [0.2, 0.25) is 0 Å². The molecule has 0 aliphatic carbocycles. The van der Waals surface area contributed by atoms with Crippen molar-refractivity contribution >= 4 is 121 Å². The molecule has 2 aliphatic rings. The Morgan fingerprint density at radius 1 is 0.323 bits per heavy atom. The third-order valence-electron chi connectivity index (χ3n) is 13.0. The summed E-state index contributed by atoms with van der Waals surface area (Å²) in [4.78, 5) is 60.9. The van der Waals surface area contributed by atoms with Gasteiger partial charge in [-0.05, 0) is 127 Å². The lowest BCUT2D eigenvalue weighted by atomic mass is 9.79. The van der Waals surface area contributed by atoms with Crippen molar-refractivity contribution < 1.29 is 19.2 Å². The number of hydrogen-bond acceptors (Lipinski definition) is 6. The van der Waals surface area contributed by atoms with E-state index in [1.165, 1.54) is 21.9 Å². The Labute approximate surface area is 350 Å². The first kappa shape index (κ1) is 33.9. The molecule has 0 saturated heterocycles. The zero-order chi connectivity index (χ0) is 41.7. The molecule has 0 atom stereocenters. The molecule has 8 heteroatoms. The SMILES string of the molecule is N#Cc1cc2c3c(ccc4c5c(C#N)cc6c7c(ccc(c1c34)c75)C(=O)N(c1ccc3cc4ccccc4cc3c1)C6=O)C(=O)N(c1ccc3cc4ccccc4cc3c1)C2=O.